The second kappa shape index (κ2) is 8.33. The molecule has 1 aliphatic heterocycles. The number of hydrogen-bond donors (Lipinski definition) is 0. The summed E-state index contributed by atoms with van der Waals surface area (Å²) in [4.78, 5) is 17.5. The van der Waals surface area contributed by atoms with Gasteiger partial charge < -0.3 is 4.90 Å². The fourth-order valence-electron chi connectivity index (χ4n) is 5.01. The maximum absolute atomic E-state index is 13.6. The lowest BCUT2D eigenvalue weighted by atomic mass is 10.1. The van der Waals surface area contributed by atoms with Gasteiger partial charge in [0.2, 0.25) is 0 Å². The van der Waals surface area contributed by atoms with Crippen LogP contribution in [-0.2, 0) is 10.0 Å². The molecule has 6 nitrogen and oxygen atoms in total. The van der Waals surface area contributed by atoms with E-state index in [1.165, 1.54) is 50.1 Å². The van der Waals surface area contributed by atoms with E-state index in [-0.39, 0.29) is 10.8 Å². The van der Waals surface area contributed by atoms with Crippen molar-refractivity contribution in [3.63, 3.8) is 0 Å². The molecule has 168 valence electrons. The lowest BCUT2D eigenvalue weighted by molar-refractivity contribution is 0.0575. The van der Waals surface area contributed by atoms with Crippen LogP contribution in [0.5, 0.6) is 0 Å². The zero-order valence-corrected chi connectivity index (χ0v) is 18.6. The summed E-state index contributed by atoms with van der Waals surface area (Å²) in [5, 5.41) is 0.579. The molecule has 0 radical (unpaired) electrons. The Morgan fingerprint density at radius 3 is 2.38 bits per heavy atom. The number of hydrogen-bond acceptors (Lipinski definition) is 4. The molecule has 0 unspecified atom stereocenters. The summed E-state index contributed by atoms with van der Waals surface area (Å²) < 4.78 is 40.9. The molecule has 0 atom stereocenters. The van der Waals surface area contributed by atoms with E-state index in [0.717, 1.165) is 23.1 Å². The maximum atomic E-state index is 13.6. The quantitative estimate of drug-likeness (QED) is 0.602. The summed E-state index contributed by atoms with van der Waals surface area (Å²) >= 11 is 0. The van der Waals surface area contributed by atoms with Gasteiger partial charge >= 0.3 is 0 Å². The van der Waals surface area contributed by atoms with Gasteiger partial charge in [-0.05, 0) is 49.2 Å². The molecule has 2 heterocycles. The predicted molar refractivity (Wildman–Crippen MR) is 121 cm³/mol. The van der Waals surface area contributed by atoms with Gasteiger partial charge in [-0.25, -0.2) is 16.8 Å². The van der Waals surface area contributed by atoms with Crippen molar-refractivity contribution in [2.75, 3.05) is 26.2 Å². The van der Waals surface area contributed by atoms with Crippen molar-refractivity contribution in [3.05, 3.63) is 66.1 Å². The normalized spacial score (nSPS) is 18.5. The number of piperazine rings is 1. The molecule has 2 aromatic carbocycles. The van der Waals surface area contributed by atoms with Crippen molar-refractivity contribution in [1.29, 1.82) is 0 Å². The zero-order chi connectivity index (χ0) is 22.3. The number of nitrogens with zero attached hydrogens (tertiary/aromatic N) is 3. The van der Waals surface area contributed by atoms with Crippen LogP contribution in [0.3, 0.4) is 0 Å². The van der Waals surface area contributed by atoms with Crippen LogP contribution in [0.15, 0.2) is 59.6 Å². The highest BCUT2D eigenvalue weighted by Gasteiger charge is 2.29. The Balaban J connectivity index is 1.41. The Labute approximate surface area is 187 Å². The van der Waals surface area contributed by atoms with E-state index in [4.69, 9.17) is 0 Å². The summed E-state index contributed by atoms with van der Waals surface area (Å²) in [7, 11) is -3.98. The van der Waals surface area contributed by atoms with Crippen LogP contribution in [0.2, 0.25) is 0 Å². The highest BCUT2D eigenvalue weighted by molar-refractivity contribution is 7.90. The molecule has 0 N–H and O–H groups in total. The minimum absolute atomic E-state index is 0.0809. The van der Waals surface area contributed by atoms with Crippen molar-refractivity contribution >= 4 is 26.8 Å². The second-order valence-electron chi connectivity index (χ2n) is 8.58. The number of rotatable bonds is 4. The zero-order valence-electron chi connectivity index (χ0n) is 17.8. The van der Waals surface area contributed by atoms with Gasteiger partial charge in [-0.3, -0.25) is 9.69 Å². The van der Waals surface area contributed by atoms with E-state index in [9.17, 15) is 17.6 Å². The summed E-state index contributed by atoms with van der Waals surface area (Å²) in [6, 6.07) is 12.3. The van der Waals surface area contributed by atoms with E-state index in [2.05, 4.69) is 4.90 Å². The first-order valence-electron chi connectivity index (χ1n) is 11.1. The molecule has 2 fully saturated rings. The molecule has 3 aromatic rings. The number of carbonyl (C=O) groups is 1. The Morgan fingerprint density at radius 2 is 1.66 bits per heavy atom. The van der Waals surface area contributed by atoms with Crippen molar-refractivity contribution in [1.82, 2.24) is 13.8 Å². The van der Waals surface area contributed by atoms with Crippen LogP contribution in [0, 0.1) is 5.82 Å². The van der Waals surface area contributed by atoms with Gasteiger partial charge in [-0.2, -0.15) is 0 Å². The van der Waals surface area contributed by atoms with Crippen LogP contribution >= 0.6 is 0 Å². The third kappa shape index (κ3) is 3.71. The van der Waals surface area contributed by atoms with E-state index in [1.54, 1.807) is 24.3 Å². The van der Waals surface area contributed by atoms with Crippen molar-refractivity contribution < 1.29 is 17.6 Å². The maximum Gasteiger partial charge on any atom is 0.268 e. The van der Waals surface area contributed by atoms with E-state index in [1.807, 2.05) is 4.90 Å². The third-order valence-corrected chi connectivity index (χ3v) is 8.41. The molecule has 1 saturated carbocycles. The highest BCUT2D eigenvalue weighted by atomic mass is 32.2. The van der Waals surface area contributed by atoms with Crippen LogP contribution in [0.1, 0.15) is 36.0 Å². The van der Waals surface area contributed by atoms with Gasteiger partial charge in [-0.15, -0.1) is 0 Å². The van der Waals surface area contributed by atoms with Crippen molar-refractivity contribution in [3.8, 4) is 0 Å². The molecule has 0 spiro atoms. The first-order chi connectivity index (χ1) is 15.4. The first-order valence-corrected chi connectivity index (χ1v) is 12.5. The van der Waals surface area contributed by atoms with Gasteiger partial charge in [0.1, 0.15) is 5.82 Å². The minimum atomic E-state index is -3.98. The molecule has 32 heavy (non-hydrogen) atoms. The Morgan fingerprint density at radius 1 is 0.938 bits per heavy atom. The summed E-state index contributed by atoms with van der Waals surface area (Å²) in [5.41, 5.74) is 0.898. The Kier molecular flexibility index (Phi) is 5.51. The van der Waals surface area contributed by atoms with Crippen LogP contribution in [0.4, 0.5) is 4.39 Å². The summed E-state index contributed by atoms with van der Waals surface area (Å²) in [6.07, 6.45) is 6.52. The van der Waals surface area contributed by atoms with Crippen LogP contribution < -0.4 is 0 Å². The van der Waals surface area contributed by atoms with E-state index < -0.39 is 15.8 Å². The molecule has 1 aromatic heterocycles. The molecular formula is C24H26FN3O3S. The number of amides is 1. The highest BCUT2D eigenvalue weighted by Crippen LogP contribution is 2.28. The summed E-state index contributed by atoms with van der Waals surface area (Å²) in [6.45, 7) is 3.10. The first kappa shape index (κ1) is 21.2. The second-order valence-corrected chi connectivity index (χ2v) is 10.4. The predicted octanol–water partition coefficient (Wildman–Crippen LogP) is 3.72. The fourth-order valence-corrected chi connectivity index (χ4v) is 6.39. The van der Waals surface area contributed by atoms with Gasteiger partial charge in [0, 0.05) is 49.4 Å². The number of halogens is 1. The smallest absolute Gasteiger partial charge is 0.268 e. The van der Waals surface area contributed by atoms with Crippen LogP contribution in [-0.4, -0.2) is 60.3 Å². The molecule has 1 aliphatic carbocycles. The number of benzene rings is 2. The number of carbonyl (C=O) groups excluding carboxylic acids is 1. The van der Waals surface area contributed by atoms with Crippen molar-refractivity contribution in [2.45, 2.75) is 36.6 Å². The number of fused-ring (bicyclic) bond motifs is 1. The van der Waals surface area contributed by atoms with Gasteiger partial charge in [-0.1, -0.05) is 25.0 Å². The van der Waals surface area contributed by atoms with Gasteiger partial charge in [0.05, 0.1) is 10.4 Å². The fraction of sp³-hybridized carbons (Fsp3) is 0.375. The van der Waals surface area contributed by atoms with Gasteiger partial charge in [0.15, 0.2) is 0 Å². The topological polar surface area (TPSA) is 62.6 Å². The molecule has 1 amide bonds. The minimum Gasteiger partial charge on any atom is -0.336 e. The standard InChI is InChI=1S/C24H26FN3O3S/c25-18-5-3-8-20(17-18)32(30,31)28-12-11-21-22(9-4-10-23(21)28)24(29)27-15-13-26(14-16-27)19-6-1-2-7-19/h3-5,8-12,17,19H,1-2,6-7,13-16H2. The average molecular weight is 456 g/mol. The number of aromatic nitrogens is 1. The van der Waals surface area contributed by atoms with Crippen LogP contribution in [0.25, 0.3) is 10.9 Å². The van der Waals surface area contributed by atoms with Crippen molar-refractivity contribution in [2.24, 2.45) is 0 Å². The lowest BCUT2D eigenvalue weighted by Gasteiger charge is -2.38. The molecule has 5 rings (SSSR count). The Bertz CT molecular complexity index is 1260. The lowest BCUT2D eigenvalue weighted by Crippen LogP contribution is -2.51. The SMILES string of the molecule is O=C(c1cccc2c1ccn2S(=O)(=O)c1cccc(F)c1)N1CCN(C2CCCC2)CC1. The molecule has 8 heteroatoms. The average Bonchev–Trinajstić information content (AvgIpc) is 3.49. The van der Waals surface area contributed by atoms with E-state index >= 15 is 0 Å². The molecule has 2 aliphatic rings. The Hall–Kier alpha value is -2.71. The summed E-state index contributed by atoms with van der Waals surface area (Å²) in [5.74, 6) is -0.697. The monoisotopic (exact) mass is 455 g/mol. The molecule has 0 bridgehead atoms. The van der Waals surface area contributed by atoms with E-state index in [0.29, 0.717) is 35.6 Å². The van der Waals surface area contributed by atoms with Gasteiger partial charge in [0.25, 0.3) is 15.9 Å². The molecule has 1 saturated heterocycles. The molecular weight excluding hydrogens is 429 g/mol. The largest absolute Gasteiger partial charge is 0.336 e. The third-order valence-electron chi connectivity index (χ3n) is 6.72.